The van der Waals surface area contributed by atoms with Crippen LogP contribution in [0.4, 0.5) is 5.69 Å². The molecule has 1 heterocycles. The van der Waals surface area contributed by atoms with Gasteiger partial charge in [0.05, 0.1) is 0 Å². The number of anilines is 1. The third kappa shape index (κ3) is 3.32. The summed E-state index contributed by atoms with van der Waals surface area (Å²) in [6.45, 7) is 2.06. The second-order valence-electron chi connectivity index (χ2n) is 4.57. The number of ether oxygens (including phenoxy) is 1. The van der Waals surface area contributed by atoms with Gasteiger partial charge in [0, 0.05) is 5.69 Å². The lowest BCUT2D eigenvalue weighted by molar-refractivity contribution is -0.150. The summed E-state index contributed by atoms with van der Waals surface area (Å²) in [5.74, 6) is -1.30. The van der Waals surface area contributed by atoms with Crippen LogP contribution < -0.4 is 5.32 Å². The van der Waals surface area contributed by atoms with Gasteiger partial charge in [0.15, 0.2) is 6.10 Å². The Bertz CT molecular complexity index is 469. The van der Waals surface area contributed by atoms with Crippen molar-refractivity contribution in [2.75, 3.05) is 5.32 Å². The van der Waals surface area contributed by atoms with E-state index in [1.165, 1.54) is 5.56 Å². The van der Waals surface area contributed by atoms with Gasteiger partial charge in [0.2, 0.25) is 0 Å². The van der Waals surface area contributed by atoms with Crippen molar-refractivity contribution >= 4 is 17.6 Å². The predicted molar refractivity (Wildman–Crippen MR) is 70.0 cm³/mol. The Kier molecular flexibility index (Phi) is 4.16. The normalized spacial score (nSPS) is 22.2. The minimum absolute atomic E-state index is 0.284. The lowest BCUT2D eigenvalue weighted by Gasteiger charge is -2.12. The number of carboxylic acids is 1. The maximum absolute atomic E-state index is 11.9. The molecule has 1 aliphatic heterocycles. The van der Waals surface area contributed by atoms with Gasteiger partial charge in [-0.1, -0.05) is 19.1 Å². The average Bonchev–Trinajstić information content (AvgIpc) is 2.89. The standard InChI is InChI=1S/C14H17NO4/c1-2-9-3-5-10(6-4-9)15-13(16)11-7-8-12(19-11)14(17)18/h3-6,11-12H,2,7-8H2,1H3,(H,15,16)(H,17,18)/t11-,12+/m0/s1. The highest BCUT2D eigenvalue weighted by atomic mass is 16.5. The molecule has 5 heteroatoms. The second kappa shape index (κ2) is 5.84. The number of carbonyl (C=O) groups is 2. The Morgan fingerprint density at radius 3 is 2.42 bits per heavy atom. The fourth-order valence-electron chi connectivity index (χ4n) is 2.06. The molecular weight excluding hydrogens is 246 g/mol. The number of hydrogen-bond donors (Lipinski definition) is 2. The van der Waals surface area contributed by atoms with Crippen molar-refractivity contribution in [3.63, 3.8) is 0 Å². The predicted octanol–water partition coefficient (Wildman–Crippen LogP) is 1.82. The van der Waals surface area contributed by atoms with Gasteiger partial charge in [-0.05, 0) is 37.0 Å². The van der Waals surface area contributed by atoms with Crippen LogP contribution in [-0.4, -0.2) is 29.2 Å². The lowest BCUT2D eigenvalue weighted by Crippen LogP contribution is -2.29. The van der Waals surface area contributed by atoms with E-state index < -0.39 is 18.2 Å². The second-order valence-corrected chi connectivity index (χ2v) is 4.57. The number of aryl methyl sites for hydroxylation is 1. The van der Waals surface area contributed by atoms with E-state index in [4.69, 9.17) is 9.84 Å². The molecule has 1 saturated heterocycles. The maximum Gasteiger partial charge on any atom is 0.332 e. The van der Waals surface area contributed by atoms with Crippen LogP contribution in [0.3, 0.4) is 0 Å². The monoisotopic (exact) mass is 263 g/mol. The number of hydrogen-bond acceptors (Lipinski definition) is 3. The number of benzene rings is 1. The molecule has 0 spiro atoms. The van der Waals surface area contributed by atoms with Gasteiger partial charge < -0.3 is 15.2 Å². The molecule has 0 aromatic heterocycles. The molecule has 5 nitrogen and oxygen atoms in total. The van der Waals surface area contributed by atoms with Gasteiger partial charge in [-0.15, -0.1) is 0 Å². The zero-order valence-corrected chi connectivity index (χ0v) is 10.8. The topological polar surface area (TPSA) is 75.6 Å². The third-order valence-corrected chi connectivity index (χ3v) is 3.22. The first-order valence-electron chi connectivity index (χ1n) is 6.38. The van der Waals surface area contributed by atoms with Gasteiger partial charge in [0.25, 0.3) is 5.91 Å². The first-order chi connectivity index (χ1) is 9.10. The van der Waals surface area contributed by atoms with Crippen LogP contribution >= 0.6 is 0 Å². The first kappa shape index (κ1) is 13.5. The summed E-state index contributed by atoms with van der Waals surface area (Å²) >= 11 is 0. The fourth-order valence-corrected chi connectivity index (χ4v) is 2.06. The lowest BCUT2D eigenvalue weighted by atomic mass is 10.1. The third-order valence-electron chi connectivity index (χ3n) is 3.22. The molecular formula is C14H17NO4. The smallest absolute Gasteiger partial charge is 0.332 e. The van der Waals surface area contributed by atoms with Crippen LogP contribution in [0.25, 0.3) is 0 Å². The molecule has 2 rings (SSSR count). The van der Waals surface area contributed by atoms with Crippen LogP contribution in [0.1, 0.15) is 25.3 Å². The van der Waals surface area contributed by atoms with E-state index in [-0.39, 0.29) is 5.91 Å². The number of aliphatic carboxylic acids is 1. The highest BCUT2D eigenvalue weighted by Gasteiger charge is 2.34. The van der Waals surface area contributed by atoms with Crippen molar-refractivity contribution < 1.29 is 19.4 Å². The number of carboxylic acid groups (broad SMARTS) is 1. The van der Waals surface area contributed by atoms with Crippen LogP contribution in [0, 0.1) is 0 Å². The van der Waals surface area contributed by atoms with E-state index in [0.717, 1.165) is 6.42 Å². The van der Waals surface area contributed by atoms with Crippen LogP contribution in [0.5, 0.6) is 0 Å². The fraction of sp³-hybridized carbons (Fsp3) is 0.429. The Morgan fingerprint density at radius 2 is 1.89 bits per heavy atom. The maximum atomic E-state index is 11.9. The molecule has 2 N–H and O–H groups in total. The highest BCUT2D eigenvalue weighted by Crippen LogP contribution is 2.21. The van der Waals surface area contributed by atoms with Crippen LogP contribution in [0.2, 0.25) is 0 Å². The molecule has 19 heavy (non-hydrogen) atoms. The largest absolute Gasteiger partial charge is 0.479 e. The quantitative estimate of drug-likeness (QED) is 0.868. The Labute approximate surface area is 111 Å². The van der Waals surface area contributed by atoms with Gasteiger partial charge in [0.1, 0.15) is 6.10 Å². The SMILES string of the molecule is CCc1ccc(NC(=O)[C@@H]2CC[C@H](C(=O)O)O2)cc1. The summed E-state index contributed by atoms with van der Waals surface area (Å²) in [5.41, 5.74) is 1.89. The molecule has 1 aromatic carbocycles. The molecule has 0 unspecified atom stereocenters. The van der Waals surface area contributed by atoms with E-state index >= 15 is 0 Å². The van der Waals surface area contributed by atoms with Crippen molar-refractivity contribution in [3.05, 3.63) is 29.8 Å². The summed E-state index contributed by atoms with van der Waals surface area (Å²) in [7, 11) is 0. The van der Waals surface area contributed by atoms with Crippen LogP contribution in [-0.2, 0) is 20.7 Å². The number of rotatable bonds is 4. The number of nitrogens with one attached hydrogen (secondary N) is 1. The van der Waals surface area contributed by atoms with Crippen molar-refractivity contribution in [2.45, 2.75) is 38.4 Å². The van der Waals surface area contributed by atoms with E-state index in [1.807, 2.05) is 24.3 Å². The molecule has 0 radical (unpaired) electrons. The van der Waals surface area contributed by atoms with Crippen molar-refractivity contribution in [3.8, 4) is 0 Å². The summed E-state index contributed by atoms with van der Waals surface area (Å²) in [4.78, 5) is 22.7. The molecule has 1 amide bonds. The van der Waals surface area contributed by atoms with E-state index in [0.29, 0.717) is 18.5 Å². The average molecular weight is 263 g/mol. The van der Waals surface area contributed by atoms with Crippen molar-refractivity contribution in [1.82, 2.24) is 0 Å². The zero-order chi connectivity index (χ0) is 13.8. The molecule has 102 valence electrons. The molecule has 0 bridgehead atoms. The molecule has 1 aromatic rings. The number of carbonyl (C=O) groups excluding carboxylic acids is 1. The summed E-state index contributed by atoms with van der Waals surface area (Å²) < 4.78 is 5.19. The van der Waals surface area contributed by atoms with E-state index in [9.17, 15) is 9.59 Å². The minimum Gasteiger partial charge on any atom is -0.479 e. The van der Waals surface area contributed by atoms with E-state index in [2.05, 4.69) is 12.2 Å². The Hall–Kier alpha value is -1.88. The van der Waals surface area contributed by atoms with Gasteiger partial charge in [-0.3, -0.25) is 4.79 Å². The van der Waals surface area contributed by atoms with Gasteiger partial charge in [-0.25, -0.2) is 4.79 Å². The van der Waals surface area contributed by atoms with Crippen LogP contribution in [0.15, 0.2) is 24.3 Å². The van der Waals surface area contributed by atoms with Crippen molar-refractivity contribution in [1.29, 1.82) is 0 Å². The molecule has 0 saturated carbocycles. The highest BCUT2D eigenvalue weighted by molar-refractivity contribution is 5.94. The summed E-state index contributed by atoms with van der Waals surface area (Å²) in [6, 6.07) is 7.57. The van der Waals surface area contributed by atoms with Gasteiger partial charge in [-0.2, -0.15) is 0 Å². The molecule has 1 fully saturated rings. The molecule has 1 aliphatic rings. The Morgan fingerprint density at radius 1 is 1.26 bits per heavy atom. The summed E-state index contributed by atoms with van der Waals surface area (Å²) in [6.07, 6.45) is 0.225. The number of amides is 1. The molecule has 0 aliphatic carbocycles. The Balaban J connectivity index is 1.92. The first-order valence-corrected chi connectivity index (χ1v) is 6.38. The molecule has 2 atom stereocenters. The minimum atomic E-state index is -1.01. The van der Waals surface area contributed by atoms with E-state index in [1.54, 1.807) is 0 Å². The van der Waals surface area contributed by atoms with Gasteiger partial charge >= 0.3 is 5.97 Å². The van der Waals surface area contributed by atoms with Crippen molar-refractivity contribution in [2.24, 2.45) is 0 Å². The summed E-state index contributed by atoms with van der Waals surface area (Å²) in [5, 5.41) is 11.5. The zero-order valence-electron chi connectivity index (χ0n) is 10.8.